The zero-order valence-corrected chi connectivity index (χ0v) is 12.9. The minimum absolute atomic E-state index is 0.267. The van der Waals surface area contributed by atoms with Crippen molar-refractivity contribution in [2.24, 2.45) is 0 Å². The van der Waals surface area contributed by atoms with Gasteiger partial charge in [0.2, 0.25) is 5.95 Å². The number of nitrogen functional groups attached to an aromatic ring is 1. The van der Waals surface area contributed by atoms with E-state index >= 15 is 0 Å². The van der Waals surface area contributed by atoms with Gasteiger partial charge in [-0.15, -0.1) is 0 Å². The maximum absolute atomic E-state index is 6.14. The number of anilines is 1. The van der Waals surface area contributed by atoms with Gasteiger partial charge in [-0.25, -0.2) is 4.98 Å². The molecule has 0 aliphatic carbocycles. The summed E-state index contributed by atoms with van der Waals surface area (Å²) in [5, 5.41) is 0. The number of thioether (sulfide) groups is 1. The van der Waals surface area contributed by atoms with Gasteiger partial charge in [-0.3, -0.25) is 0 Å². The molecule has 1 aromatic heterocycles. The van der Waals surface area contributed by atoms with Crippen LogP contribution in [0.2, 0.25) is 0 Å². The molecule has 1 aliphatic rings. The predicted octanol–water partition coefficient (Wildman–Crippen LogP) is 3.30. The second-order valence-electron chi connectivity index (χ2n) is 5.51. The molecule has 2 N–H and O–H groups in total. The first kappa shape index (κ1) is 13.6. The molecule has 0 spiro atoms. The molecule has 1 unspecified atom stereocenters. The summed E-state index contributed by atoms with van der Waals surface area (Å²) in [5.74, 6) is 2.65. The van der Waals surface area contributed by atoms with Crippen molar-refractivity contribution in [3.63, 3.8) is 0 Å². The van der Waals surface area contributed by atoms with Gasteiger partial charge >= 0.3 is 0 Å². The molecule has 5 heteroatoms. The number of para-hydroxylation sites is 1. The SMILES string of the molecule is CCOc1cccc2c1nc(N)n2CC1(C)CCCS1. The number of aromatic nitrogens is 2. The van der Waals surface area contributed by atoms with Gasteiger partial charge in [-0.05, 0) is 44.6 Å². The van der Waals surface area contributed by atoms with Crippen LogP contribution in [0.5, 0.6) is 5.75 Å². The van der Waals surface area contributed by atoms with E-state index in [1.165, 1.54) is 18.6 Å². The standard InChI is InChI=1S/C15H21N3OS/c1-3-19-12-7-4-6-11-13(12)17-14(16)18(11)10-15(2)8-5-9-20-15/h4,6-7H,3,5,8-10H2,1-2H3,(H2,16,17). The van der Waals surface area contributed by atoms with E-state index < -0.39 is 0 Å². The van der Waals surface area contributed by atoms with E-state index in [4.69, 9.17) is 10.5 Å². The number of ether oxygens (including phenoxy) is 1. The molecule has 1 saturated heterocycles. The highest BCUT2D eigenvalue weighted by Gasteiger charge is 2.31. The Hall–Kier alpha value is -1.36. The third kappa shape index (κ3) is 2.35. The van der Waals surface area contributed by atoms with E-state index in [0.717, 1.165) is 23.3 Å². The number of benzene rings is 1. The lowest BCUT2D eigenvalue weighted by atomic mass is 10.1. The average Bonchev–Trinajstić information content (AvgIpc) is 2.97. The van der Waals surface area contributed by atoms with Crippen molar-refractivity contribution < 1.29 is 4.74 Å². The van der Waals surface area contributed by atoms with Gasteiger partial charge in [-0.2, -0.15) is 11.8 Å². The van der Waals surface area contributed by atoms with Crippen molar-refractivity contribution in [3.05, 3.63) is 18.2 Å². The maximum atomic E-state index is 6.14. The number of hydrogen-bond acceptors (Lipinski definition) is 4. The van der Waals surface area contributed by atoms with Gasteiger partial charge in [0.25, 0.3) is 0 Å². The molecule has 0 radical (unpaired) electrons. The van der Waals surface area contributed by atoms with Crippen LogP contribution in [0, 0.1) is 0 Å². The summed E-state index contributed by atoms with van der Waals surface area (Å²) < 4.78 is 8.05. The first-order chi connectivity index (χ1) is 9.63. The van der Waals surface area contributed by atoms with Crippen LogP contribution in [-0.4, -0.2) is 26.7 Å². The highest BCUT2D eigenvalue weighted by molar-refractivity contribution is 8.00. The maximum Gasteiger partial charge on any atom is 0.201 e. The van der Waals surface area contributed by atoms with Crippen molar-refractivity contribution >= 4 is 28.7 Å². The van der Waals surface area contributed by atoms with Crippen LogP contribution in [0.4, 0.5) is 5.95 Å². The van der Waals surface area contributed by atoms with E-state index in [0.29, 0.717) is 12.6 Å². The summed E-state index contributed by atoms with van der Waals surface area (Å²) in [6.45, 7) is 5.85. The summed E-state index contributed by atoms with van der Waals surface area (Å²) in [5.41, 5.74) is 8.09. The number of nitrogens with zero attached hydrogens (tertiary/aromatic N) is 2. The average molecular weight is 291 g/mol. The van der Waals surface area contributed by atoms with Crippen LogP contribution in [-0.2, 0) is 6.54 Å². The molecule has 108 valence electrons. The molecule has 1 fully saturated rings. The normalized spacial score (nSPS) is 22.5. The van der Waals surface area contributed by atoms with Crippen LogP contribution in [0.3, 0.4) is 0 Å². The zero-order chi connectivity index (χ0) is 14.2. The molecule has 0 bridgehead atoms. The quantitative estimate of drug-likeness (QED) is 0.939. The molecule has 0 saturated carbocycles. The van der Waals surface area contributed by atoms with E-state index in [-0.39, 0.29) is 4.75 Å². The zero-order valence-electron chi connectivity index (χ0n) is 12.1. The van der Waals surface area contributed by atoms with E-state index in [9.17, 15) is 0 Å². The van der Waals surface area contributed by atoms with E-state index in [2.05, 4.69) is 22.5 Å². The highest BCUT2D eigenvalue weighted by Crippen LogP contribution is 2.40. The predicted molar refractivity (Wildman–Crippen MR) is 85.4 cm³/mol. The Labute approximate surface area is 123 Å². The molecule has 0 amide bonds. The third-order valence-electron chi connectivity index (χ3n) is 3.86. The lowest BCUT2D eigenvalue weighted by Crippen LogP contribution is -2.24. The molecule has 2 aromatic rings. The van der Waals surface area contributed by atoms with Gasteiger partial charge in [-0.1, -0.05) is 6.07 Å². The summed E-state index contributed by atoms with van der Waals surface area (Å²) in [4.78, 5) is 4.51. The molecule has 20 heavy (non-hydrogen) atoms. The largest absolute Gasteiger partial charge is 0.492 e. The summed E-state index contributed by atoms with van der Waals surface area (Å²) in [6, 6.07) is 6.04. The first-order valence-corrected chi connectivity index (χ1v) is 8.13. The Bertz CT molecular complexity index is 617. The Morgan fingerprint density at radius 2 is 2.35 bits per heavy atom. The van der Waals surface area contributed by atoms with Crippen molar-refractivity contribution in [1.29, 1.82) is 0 Å². The Morgan fingerprint density at radius 3 is 3.05 bits per heavy atom. The molecule has 1 aromatic carbocycles. The smallest absolute Gasteiger partial charge is 0.201 e. The first-order valence-electron chi connectivity index (χ1n) is 7.14. The Kier molecular flexibility index (Phi) is 3.54. The summed E-state index contributed by atoms with van der Waals surface area (Å²) in [6.07, 6.45) is 2.53. The topological polar surface area (TPSA) is 53.1 Å². The fourth-order valence-electron chi connectivity index (χ4n) is 2.87. The summed E-state index contributed by atoms with van der Waals surface area (Å²) >= 11 is 2.04. The molecule has 3 rings (SSSR count). The number of rotatable bonds is 4. The van der Waals surface area contributed by atoms with Gasteiger partial charge < -0.3 is 15.0 Å². The number of nitrogens with two attached hydrogens (primary N) is 1. The van der Waals surface area contributed by atoms with Crippen molar-refractivity contribution in [1.82, 2.24) is 9.55 Å². The monoisotopic (exact) mass is 291 g/mol. The second kappa shape index (κ2) is 5.20. The van der Waals surface area contributed by atoms with Crippen LogP contribution in [0.1, 0.15) is 26.7 Å². The van der Waals surface area contributed by atoms with Gasteiger partial charge in [0, 0.05) is 11.3 Å². The molecule has 2 heterocycles. The molecular formula is C15H21N3OS. The minimum Gasteiger partial charge on any atom is -0.492 e. The van der Waals surface area contributed by atoms with Crippen LogP contribution >= 0.6 is 11.8 Å². The lowest BCUT2D eigenvalue weighted by Gasteiger charge is -2.24. The highest BCUT2D eigenvalue weighted by atomic mass is 32.2. The van der Waals surface area contributed by atoms with Crippen molar-refractivity contribution in [3.8, 4) is 5.75 Å². The Balaban J connectivity index is 2.02. The molecule has 4 nitrogen and oxygen atoms in total. The van der Waals surface area contributed by atoms with Gasteiger partial charge in [0.05, 0.1) is 12.1 Å². The van der Waals surface area contributed by atoms with E-state index in [1.807, 2.05) is 30.8 Å². The molecular weight excluding hydrogens is 270 g/mol. The Morgan fingerprint density at radius 1 is 1.50 bits per heavy atom. The lowest BCUT2D eigenvalue weighted by molar-refractivity contribution is 0.343. The molecule has 1 atom stereocenters. The van der Waals surface area contributed by atoms with Crippen LogP contribution < -0.4 is 10.5 Å². The minimum atomic E-state index is 0.267. The van der Waals surface area contributed by atoms with E-state index in [1.54, 1.807) is 0 Å². The number of fused-ring (bicyclic) bond motifs is 1. The molecule has 1 aliphatic heterocycles. The fraction of sp³-hybridized carbons (Fsp3) is 0.533. The van der Waals surface area contributed by atoms with Gasteiger partial charge in [0.15, 0.2) is 0 Å². The fourth-order valence-corrected chi connectivity index (χ4v) is 4.16. The van der Waals surface area contributed by atoms with Crippen molar-refractivity contribution in [2.45, 2.75) is 38.0 Å². The third-order valence-corrected chi connectivity index (χ3v) is 5.39. The van der Waals surface area contributed by atoms with Crippen LogP contribution in [0.25, 0.3) is 11.0 Å². The number of imidazole rings is 1. The summed E-state index contributed by atoms with van der Waals surface area (Å²) in [7, 11) is 0. The van der Waals surface area contributed by atoms with Crippen LogP contribution in [0.15, 0.2) is 18.2 Å². The van der Waals surface area contributed by atoms with Crippen molar-refractivity contribution in [2.75, 3.05) is 18.1 Å². The van der Waals surface area contributed by atoms with Gasteiger partial charge in [0.1, 0.15) is 11.3 Å². The number of hydrogen-bond donors (Lipinski definition) is 1. The second-order valence-corrected chi connectivity index (χ2v) is 7.20.